The van der Waals surface area contributed by atoms with Gasteiger partial charge in [-0.1, -0.05) is 13.8 Å². The number of hydrogen-bond donors (Lipinski definition) is 1. The second-order valence-corrected chi connectivity index (χ2v) is 4.26. The summed E-state index contributed by atoms with van der Waals surface area (Å²) in [6.45, 7) is 6.21. The Morgan fingerprint density at radius 1 is 1.31 bits per heavy atom. The summed E-state index contributed by atoms with van der Waals surface area (Å²) in [5.74, 6) is -2.00. The molecule has 0 radical (unpaired) electrons. The minimum absolute atomic E-state index is 0.0134. The van der Waals surface area contributed by atoms with Crippen LogP contribution >= 0.6 is 0 Å². The molecule has 0 aliphatic heterocycles. The van der Waals surface area contributed by atoms with Crippen molar-refractivity contribution in [3.63, 3.8) is 0 Å². The summed E-state index contributed by atoms with van der Waals surface area (Å²) in [5.41, 5.74) is -0.871. The Balaban J connectivity index is 3.83. The van der Waals surface area contributed by atoms with Gasteiger partial charge in [0, 0.05) is 19.8 Å². The molecule has 2 atom stereocenters. The van der Waals surface area contributed by atoms with E-state index in [4.69, 9.17) is 0 Å². The van der Waals surface area contributed by atoms with Gasteiger partial charge >= 0.3 is 6.16 Å². The standard InChI is InChI=1S/C11H21FO4/c1-5-10(3,14)7-8-15-9(13)16-11(4,12)6-2/h14H,5-8H2,1-4H3. The Hall–Kier alpha value is -0.840. The van der Waals surface area contributed by atoms with Crippen LogP contribution in [0.25, 0.3) is 0 Å². The molecular formula is C11H21FO4. The SMILES string of the molecule is CCC(C)(O)CCOC(=O)OC(C)(F)CC. The second kappa shape index (κ2) is 6.03. The van der Waals surface area contributed by atoms with Crippen molar-refractivity contribution in [1.82, 2.24) is 0 Å². The van der Waals surface area contributed by atoms with Crippen LogP contribution in [0.4, 0.5) is 9.18 Å². The van der Waals surface area contributed by atoms with E-state index < -0.39 is 17.6 Å². The lowest BCUT2D eigenvalue weighted by molar-refractivity contribution is -0.110. The zero-order chi connectivity index (χ0) is 12.8. The van der Waals surface area contributed by atoms with Crippen LogP contribution in [0, 0.1) is 0 Å². The Kier molecular flexibility index (Phi) is 5.72. The summed E-state index contributed by atoms with van der Waals surface area (Å²) in [7, 11) is 0. The maximum absolute atomic E-state index is 13.2. The number of aliphatic hydroxyl groups is 1. The highest BCUT2D eigenvalue weighted by Crippen LogP contribution is 2.18. The molecule has 1 N–H and O–H groups in total. The van der Waals surface area contributed by atoms with Crippen LogP contribution in [0.5, 0.6) is 0 Å². The second-order valence-electron chi connectivity index (χ2n) is 4.26. The molecule has 0 fully saturated rings. The number of carbonyl (C=O) groups excluding carboxylic acids is 1. The molecule has 0 aliphatic rings. The molecule has 16 heavy (non-hydrogen) atoms. The van der Waals surface area contributed by atoms with Gasteiger partial charge in [0.25, 0.3) is 5.85 Å². The van der Waals surface area contributed by atoms with Crippen LogP contribution in [0.1, 0.15) is 47.0 Å². The third kappa shape index (κ3) is 6.61. The lowest BCUT2D eigenvalue weighted by atomic mass is 10.0. The molecule has 4 nitrogen and oxygen atoms in total. The van der Waals surface area contributed by atoms with Crippen molar-refractivity contribution < 1.29 is 23.8 Å². The summed E-state index contributed by atoms with van der Waals surface area (Å²) in [6.07, 6.45) is -0.122. The molecule has 96 valence electrons. The molecule has 5 heteroatoms. The summed E-state index contributed by atoms with van der Waals surface area (Å²) in [4.78, 5) is 11.0. The monoisotopic (exact) mass is 236 g/mol. The molecule has 0 heterocycles. The van der Waals surface area contributed by atoms with Crippen molar-refractivity contribution in [2.75, 3.05) is 6.61 Å². The molecule has 0 aromatic carbocycles. The Bertz CT molecular complexity index is 226. The van der Waals surface area contributed by atoms with E-state index in [-0.39, 0.29) is 13.0 Å². The molecule has 0 aromatic heterocycles. The zero-order valence-corrected chi connectivity index (χ0v) is 10.4. The molecule has 0 bridgehead atoms. The predicted molar refractivity (Wildman–Crippen MR) is 57.8 cm³/mol. The third-order valence-electron chi connectivity index (χ3n) is 2.55. The highest BCUT2D eigenvalue weighted by Gasteiger charge is 2.27. The number of hydrogen-bond acceptors (Lipinski definition) is 4. The minimum Gasteiger partial charge on any atom is -0.434 e. The van der Waals surface area contributed by atoms with Crippen LogP contribution in [0.2, 0.25) is 0 Å². The molecular weight excluding hydrogens is 215 g/mol. The number of alkyl halides is 1. The largest absolute Gasteiger partial charge is 0.511 e. The Morgan fingerprint density at radius 3 is 2.31 bits per heavy atom. The maximum Gasteiger partial charge on any atom is 0.511 e. The van der Waals surface area contributed by atoms with Gasteiger partial charge in [-0.25, -0.2) is 4.79 Å². The normalized spacial score (nSPS) is 18.4. The van der Waals surface area contributed by atoms with Crippen LogP contribution < -0.4 is 0 Å². The molecule has 0 saturated heterocycles. The van der Waals surface area contributed by atoms with Crippen LogP contribution in [-0.4, -0.2) is 29.3 Å². The van der Waals surface area contributed by atoms with E-state index in [0.717, 1.165) is 6.92 Å². The van der Waals surface area contributed by atoms with Gasteiger partial charge in [-0.2, -0.15) is 4.39 Å². The van der Waals surface area contributed by atoms with E-state index in [0.29, 0.717) is 12.8 Å². The topological polar surface area (TPSA) is 55.8 Å². The van der Waals surface area contributed by atoms with E-state index in [1.165, 1.54) is 0 Å². The fourth-order valence-electron chi connectivity index (χ4n) is 0.806. The van der Waals surface area contributed by atoms with Crippen LogP contribution in [0.3, 0.4) is 0 Å². The van der Waals surface area contributed by atoms with E-state index >= 15 is 0 Å². The number of rotatable bonds is 6. The molecule has 0 aliphatic carbocycles. The lowest BCUT2D eigenvalue weighted by Gasteiger charge is -2.22. The third-order valence-corrected chi connectivity index (χ3v) is 2.55. The first-order valence-electron chi connectivity index (χ1n) is 5.49. The van der Waals surface area contributed by atoms with Crippen molar-refractivity contribution >= 4 is 6.16 Å². The van der Waals surface area contributed by atoms with Gasteiger partial charge in [-0.15, -0.1) is 0 Å². The maximum atomic E-state index is 13.2. The summed E-state index contributed by atoms with van der Waals surface area (Å²) in [6, 6.07) is 0. The molecule has 0 saturated carbocycles. The van der Waals surface area contributed by atoms with E-state index in [1.54, 1.807) is 13.8 Å². The lowest BCUT2D eigenvalue weighted by Crippen LogP contribution is -2.29. The number of ether oxygens (including phenoxy) is 2. The molecule has 0 amide bonds. The fraction of sp³-hybridized carbons (Fsp3) is 0.909. The Morgan fingerprint density at radius 2 is 1.88 bits per heavy atom. The first kappa shape index (κ1) is 15.2. The minimum atomic E-state index is -2.00. The van der Waals surface area contributed by atoms with Gasteiger partial charge in [-0.05, 0) is 13.3 Å². The van der Waals surface area contributed by atoms with Crippen molar-refractivity contribution in [3.8, 4) is 0 Å². The quantitative estimate of drug-likeness (QED) is 0.720. The van der Waals surface area contributed by atoms with Crippen molar-refractivity contribution in [1.29, 1.82) is 0 Å². The first-order chi connectivity index (χ1) is 7.22. The van der Waals surface area contributed by atoms with Crippen LogP contribution in [0.15, 0.2) is 0 Å². The van der Waals surface area contributed by atoms with E-state index in [1.807, 2.05) is 6.92 Å². The highest BCUT2D eigenvalue weighted by atomic mass is 19.2. The van der Waals surface area contributed by atoms with Gasteiger partial charge in [0.05, 0.1) is 12.2 Å². The summed E-state index contributed by atoms with van der Waals surface area (Å²) >= 11 is 0. The highest BCUT2D eigenvalue weighted by molar-refractivity contribution is 5.60. The molecule has 0 aromatic rings. The molecule has 0 rings (SSSR count). The van der Waals surface area contributed by atoms with E-state index in [9.17, 15) is 14.3 Å². The van der Waals surface area contributed by atoms with Gasteiger partial charge in [0.2, 0.25) is 0 Å². The molecule has 2 unspecified atom stereocenters. The van der Waals surface area contributed by atoms with Gasteiger partial charge in [0.15, 0.2) is 0 Å². The fourth-order valence-corrected chi connectivity index (χ4v) is 0.806. The van der Waals surface area contributed by atoms with Crippen molar-refractivity contribution in [3.05, 3.63) is 0 Å². The smallest absolute Gasteiger partial charge is 0.434 e. The zero-order valence-electron chi connectivity index (χ0n) is 10.4. The molecule has 0 spiro atoms. The average Bonchev–Trinajstić information content (AvgIpc) is 2.17. The van der Waals surface area contributed by atoms with Gasteiger partial charge in [-0.3, -0.25) is 0 Å². The van der Waals surface area contributed by atoms with Crippen LogP contribution in [-0.2, 0) is 9.47 Å². The van der Waals surface area contributed by atoms with Crippen molar-refractivity contribution in [2.24, 2.45) is 0 Å². The van der Waals surface area contributed by atoms with Crippen molar-refractivity contribution in [2.45, 2.75) is 58.4 Å². The Labute approximate surface area is 95.7 Å². The number of halogens is 1. The predicted octanol–water partition coefficient (Wildman–Crippen LogP) is 2.79. The summed E-state index contributed by atoms with van der Waals surface area (Å²) in [5, 5.41) is 9.61. The first-order valence-corrected chi connectivity index (χ1v) is 5.49. The van der Waals surface area contributed by atoms with Gasteiger partial charge in [0.1, 0.15) is 0 Å². The number of carbonyl (C=O) groups is 1. The summed E-state index contributed by atoms with van der Waals surface area (Å²) < 4.78 is 22.3. The van der Waals surface area contributed by atoms with E-state index in [2.05, 4.69) is 9.47 Å². The average molecular weight is 236 g/mol. The van der Waals surface area contributed by atoms with Gasteiger partial charge < -0.3 is 14.6 Å².